The Morgan fingerprint density at radius 3 is 2.81 bits per heavy atom. The van der Waals surface area contributed by atoms with E-state index >= 15 is 0 Å². The van der Waals surface area contributed by atoms with Crippen LogP contribution in [-0.4, -0.2) is 24.4 Å². The fourth-order valence-electron chi connectivity index (χ4n) is 1.11. The van der Waals surface area contributed by atoms with Gasteiger partial charge in [-0.05, 0) is 12.1 Å². The molecule has 2 N–H and O–H groups in total. The van der Waals surface area contributed by atoms with Gasteiger partial charge in [-0.2, -0.15) is 0 Å². The van der Waals surface area contributed by atoms with Crippen LogP contribution in [0.5, 0.6) is 0 Å². The van der Waals surface area contributed by atoms with Gasteiger partial charge in [0, 0.05) is 7.05 Å². The summed E-state index contributed by atoms with van der Waals surface area (Å²) < 4.78 is 0. The number of hydrogen-bond donors (Lipinski definition) is 2. The van der Waals surface area contributed by atoms with Crippen LogP contribution >= 0.6 is 11.6 Å². The zero-order valence-electron chi connectivity index (χ0n) is 8.49. The lowest BCUT2D eigenvalue weighted by atomic mass is 10.2. The van der Waals surface area contributed by atoms with Crippen molar-refractivity contribution in [2.45, 2.75) is 0 Å². The molecule has 16 heavy (non-hydrogen) atoms. The van der Waals surface area contributed by atoms with Gasteiger partial charge < -0.3 is 10.6 Å². The average molecular weight is 244 g/mol. The van der Waals surface area contributed by atoms with Crippen LogP contribution in [0.4, 0.5) is 11.4 Å². The van der Waals surface area contributed by atoms with Gasteiger partial charge >= 0.3 is 5.69 Å². The maximum absolute atomic E-state index is 11.0. The van der Waals surface area contributed by atoms with Crippen LogP contribution in [0.2, 0.25) is 5.02 Å². The molecule has 0 unspecified atom stereocenters. The molecule has 86 valence electrons. The van der Waals surface area contributed by atoms with Crippen molar-refractivity contribution in [3.8, 4) is 0 Å². The number of nitro benzene ring substituents is 1. The second-order valence-corrected chi connectivity index (χ2v) is 3.33. The highest BCUT2D eigenvalue weighted by Gasteiger charge is 2.18. The molecule has 1 amide bonds. The molecule has 1 aromatic rings. The predicted molar refractivity (Wildman–Crippen MR) is 60.7 cm³/mol. The fraction of sp³-hybridized carbons (Fsp3) is 0.222. The Morgan fingerprint density at radius 2 is 2.25 bits per heavy atom. The largest absolute Gasteiger partial charge is 0.371 e. The van der Waals surface area contributed by atoms with Gasteiger partial charge in [-0.3, -0.25) is 14.9 Å². The van der Waals surface area contributed by atoms with Gasteiger partial charge in [-0.25, -0.2) is 0 Å². The van der Waals surface area contributed by atoms with Gasteiger partial charge in [-0.15, -0.1) is 0 Å². The highest BCUT2D eigenvalue weighted by atomic mass is 35.5. The summed E-state index contributed by atoms with van der Waals surface area (Å²) in [5.41, 5.74) is -0.00540. The van der Waals surface area contributed by atoms with Crippen molar-refractivity contribution in [2.24, 2.45) is 0 Å². The monoisotopic (exact) mass is 243 g/mol. The molecule has 0 saturated heterocycles. The van der Waals surface area contributed by atoms with E-state index in [0.29, 0.717) is 0 Å². The Kier molecular flexibility index (Phi) is 4.07. The van der Waals surface area contributed by atoms with Gasteiger partial charge in [0.15, 0.2) is 0 Å². The zero-order valence-corrected chi connectivity index (χ0v) is 9.25. The third-order valence-corrected chi connectivity index (χ3v) is 2.19. The van der Waals surface area contributed by atoms with E-state index in [0.717, 1.165) is 0 Å². The number of carbonyl (C=O) groups excluding carboxylic acids is 1. The second-order valence-electron chi connectivity index (χ2n) is 2.92. The normalized spacial score (nSPS) is 9.62. The van der Waals surface area contributed by atoms with E-state index in [2.05, 4.69) is 10.6 Å². The van der Waals surface area contributed by atoms with Crippen molar-refractivity contribution in [1.82, 2.24) is 5.32 Å². The number of benzene rings is 1. The molecule has 6 nitrogen and oxygen atoms in total. The summed E-state index contributed by atoms with van der Waals surface area (Å²) in [6.07, 6.45) is 0. The maximum atomic E-state index is 11.0. The molecule has 1 rings (SSSR count). The van der Waals surface area contributed by atoms with Crippen LogP contribution in [0.1, 0.15) is 0 Å². The first-order valence-corrected chi connectivity index (χ1v) is 4.81. The lowest BCUT2D eigenvalue weighted by molar-refractivity contribution is -0.383. The third kappa shape index (κ3) is 2.83. The van der Waals surface area contributed by atoms with E-state index in [1.807, 2.05) is 0 Å². The fourth-order valence-corrected chi connectivity index (χ4v) is 1.35. The lowest BCUT2D eigenvalue weighted by Crippen LogP contribution is -2.26. The average Bonchev–Trinajstić information content (AvgIpc) is 2.25. The minimum Gasteiger partial charge on any atom is -0.371 e. The van der Waals surface area contributed by atoms with Crippen LogP contribution in [0, 0.1) is 10.1 Å². The van der Waals surface area contributed by atoms with Gasteiger partial charge in [0.2, 0.25) is 5.91 Å². The number of amides is 1. The molecule has 0 saturated carbocycles. The van der Waals surface area contributed by atoms with Crippen molar-refractivity contribution >= 4 is 28.9 Å². The van der Waals surface area contributed by atoms with Gasteiger partial charge in [-0.1, -0.05) is 17.7 Å². The SMILES string of the molecule is CNC(=O)CNc1cccc(Cl)c1[N+](=O)[O-]. The third-order valence-electron chi connectivity index (χ3n) is 1.89. The van der Waals surface area contributed by atoms with Crippen LogP contribution < -0.4 is 10.6 Å². The molecule has 1 aromatic carbocycles. The van der Waals surface area contributed by atoms with Gasteiger partial charge in [0.25, 0.3) is 0 Å². The lowest BCUT2D eigenvalue weighted by Gasteiger charge is -2.06. The van der Waals surface area contributed by atoms with E-state index in [-0.39, 0.29) is 28.8 Å². The predicted octanol–water partition coefficient (Wildman–Crippen LogP) is 1.41. The molecule has 0 aromatic heterocycles. The summed E-state index contributed by atoms with van der Waals surface area (Å²) in [5, 5.41) is 15.8. The summed E-state index contributed by atoms with van der Waals surface area (Å²) in [5.74, 6) is -0.269. The number of likely N-dealkylation sites (N-methyl/N-ethyl adjacent to an activating group) is 1. The summed E-state index contributed by atoms with van der Waals surface area (Å²) in [7, 11) is 1.48. The van der Waals surface area contributed by atoms with Crippen molar-refractivity contribution < 1.29 is 9.72 Å². The number of hydrogen-bond acceptors (Lipinski definition) is 4. The van der Waals surface area contributed by atoms with E-state index in [1.165, 1.54) is 19.2 Å². The highest BCUT2D eigenvalue weighted by Crippen LogP contribution is 2.31. The van der Waals surface area contributed by atoms with Crippen molar-refractivity contribution in [3.63, 3.8) is 0 Å². The Balaban J connectivity index is 2.91. The number of rotatable bonds is 4. The number of anilines is 1. The minimum absolute atomic E-state index is 0.0342. The van der Waals surface area contributed by atoms with Crippen LogP contribution in [0.15, 0.2) is 18.2 Å². The van der Waals surface area contributed by atoms with Crippen LogP contribution in [-0.2, 0) is 4.79 Å². The maximum Gasteiger partial charge on any atom is 0.310 e. The molecule has 0 aliphatic rings. The molecule has 0 atom stereocenters. The summed E-state index contributed by atoms with van der Waals surface area (Å²) in [4.78, 5) is 21.1. The Hall–Kier alpha value is -1.82. The number of nitro groups is 1. The molecule has 0 fully saturated rings. The highest BCUT2D eigenvalue weighted by molar-refractivity contribution is 6.33. The molecule has 7 heteroatoms. The Bertz CT molecular complexity index is 422. The van der Waals surface area contributed by atoms with E-state index in [9.17, 15) is 14.9 Å². The molecular weight excluding hydrogens is 234 g/mol. The topological polar surface area (TPSA) is 84.3 Å². The number of halogens is 1. The summed E-state index contributed by atoms with van der Waals surface area (Å²) >= 11 is 5.69. The first kappa shape index (κ1) is 12.3. The number of carbonyl (C=O) groups is 1. The van der Waals surface area contributed by atoms with Crippen LogP contribution in [0.25, 0.3) is 0 Å². The number of nitrogens with zero attached hydrogens (tertiary/aromatic N) is 1. The van der Waals surface area contributed by atoms with E-state index < -0.39 is 4.92 Å². The molecule has 0 heterocycles. The summed E-state index contributed by atoms with van der Waals surface area (Å²) in [6, 6.07) is 4.49. The number of nitrogens with one attached hydrogen (secondary N) is 2. The van der Waals surface area contributed by atoms with Crippen molar-refractivity contribution in [2.75, 3.05) is 18.9 Å². The van der Waals surface area contributed by atoms with E-state index in [4.69, 9.17) is 11.6 Å². The van der Waals surface area contributed by atoms with E-state index in [1.54, 1.807) is 6.07 Å². The minimum atomic E-state index is -0.589. The smallest absolute Gasteiger partial charge is 0.310 e. The standard InChI is InChI=1S/C9H10ClN3O3/c1-11-8(14)5-12-7-4-2-3-6(10)9(7)13(15)16/h2-4,12H,5H2,1H3,(H,11,14). The molecule has 0 spiro atoms. The first-order valence-electron chi connectivity index (χ1n) is 4.43. The van der Waals surface area contributed by atoms with Gasteiger partial charge in [0.1, 0.15) is 10.7 Å². The van der Waals surface area contributed by atoms with Crippen molar-refractivity contribution in [3.05, 3.63) is 33.3 Å². The summed E-state index contributed by atoms with van der Waals surface area (Å²) in [6.45, 7) is -0.0440. The zero-order chi connectivity index (χ0) is 12.1. The Labute approximate surface area is 96.7 Å². The quantitative estimate of drug-likeness (QED) is 0.619. The number of para-hydroxylation sites is 1. The second kappa shape index (κ2) is 5.32. The van der Waals surface area contributed by atoms with Gasteiger partial charge in [0.05, 0.1) is 11.5 Å². The van der Waals surface area contributed by atoms with Crippen molar-refractivity contribution in [1.29, 1.82) is 0 Å². The molecule has 0 aliphatic heterocycles. The Morgan fingerprint density at radius 1 is 1.56 bits per heavy atom. The molecule has 0 aliphatic carbocycles. The molecule has 0 bridgehead atoms. The first-order chi connectivity index (χ1) is 7.56. The molecule has 0 radical (unpaired) electrons. The van der Waals surface area contributed by atoms with Crippen LogP contribution in [0.3, 0.4) is 0 Å². The molecular formula is C9H10ClN3O3.